The van der Waals surface area contributed by atoms with Crippen LogP contribution < -0.4 is 10.2 Å². The lowest BCUT2D eigenvalue weighted by molar-refractivity contribution is 0.404. The molecule has 4 aromatic rings. The maximum Gasteiger partial charge on any atom is 0.258 e. The van der Waals surface area contributed by atoms with Crippen LogP contribution in [0.4, 0.5) is 10.1 Å². The van der Waals surface area contributed by atoms with Crippen molar-refractivity contribution in [2.45, 2.75) is 26.8 Å². The molecule has 2 heterocycles. The van der Waals surface area contributed by atoms with Gasteiger partial charge in [-0.2, -0.15) is 4.98 Å². The maximum absolute atomic E-state index is 14.4. The number of halogens is 1. The van der Waals surface area contributed by atoms with Crippen LogP contribution in [0.15, 0.2) is 83.0 Å². The van der Waals surface area contributed by atoms with Gasteiger partial charge in [-0.05, 0) is 56.2 Å². The fraction of sp³-hybridized carbons (Fsp3) is 0.148. The van der Waals surface area contributed by atoms with E-state index in [0.29, 0.717) is 28.1 Å². The molecule has 0 fully saturated rings. The van der Waals surface area contributed by atoms with Crippen molar-refractivity contribution < 1.29 is 8.91 Å². The first-order valence-electron chi connectivity index (χ1n) is 11.0. The Morgan fingerprint density at radius 1 is 0.971 bits per heavy atom. The summed E-state index contributed by atoms with van der Waals surface area (Å²) in [7, 11) is 0. The molecular formula is C27H23FN4OS. The second-order valence-corrected chi connectivity index (χ2v) is 8.74. The van der Waals surface area contributed by atoms with Crippen LogP contribution in [-0.2, 0) is 0 Å². The highest BCUT2D eigenvalue weighted by atomic mass is 32.1. The molecule has 0 saturated carbocycles. The highest BCUT2D eigenvalue weighted by molar-refractivity contribution is 7.80. The molecule has 0 amide bonds. The molecule has 5 nitrogen and oxygen atoms in total. The molecule has 1 unspecified atom stereocenters. The van der Waals surface area contributed by atoms with Crippen molar-refractivity contribution in [1.82, 2.24) is 15.5 Å². The average molecular weight is 471 g/mol. The third-order valence-corrected chi connectivity index (χ3v) is 6.30. The molecule has 3 aromatic carbocycles. The van der Waals surface area contributed by atoms with Gasteiger partial charge in [-0.15, -0.1) is 0 Å². The van der Waals surface area contributed by atoms with Crippen LogP contribution >= 0.6 is 12.2 Å². The number of thiocarbonyl (C=S) groups is 1. The number of allylic oxidation sites excluding steroid dienone is 1. The normalized spacial score (nSPS) is 16.1. The molecule has 170 valence electrons. The topological polar surface area (TPSA) is 54.2 Å². The largest absolute Gasteiger partial charge is 0.351 e. The highest BCUT2D eigenvalue weighted by Crippen LogP contribution is 2.39. The molecule has 1 atom stereocenters. The zero-order valence-electron chi connectivity index (χ0n) is 19.0. The summed E-state index contributed by atoms with van der Waals surface area (Å²) in [6.45, 7) is 5.70. The summed E-state index contributed by atoms with van der Waals surface area (Å²) in [6, 6.07) is 22.7. The van der Waals surface area contributed by atoms with E-state index in [4.69, 9.17) is 21.7 Å². The van der Waals surface area contributed by atoms with Crippen molar-refractivity contribution >= 4 is 28.6 Å². The van der Waals surface area contributed by atoms with Gasteiger partial charge in [0.2, 0.25) is 5.82 Å². The molecule has 5 rings (SSSR count). The maximum atomic E-state index is 14.4. The van der Waals surface area contributed by atoms with Crippen LogP contribution in [0.1, 0.15) is 35.5 Å². The Kier molecular flexibility index (Phi) is 5.71. The fourth-order valence-electron chi connectivity index (χ4n) is 4.10. The van der Waals surface area contributed by atoms with Gasteiger partial charge in [-0.1, -0.05) is 71.4 Å². The highest BCUT2D eigenvalue weighted by Gasteiger charge is 2.34. The van der Waals surface area contributed by atoms with E-state index in [1.807, 2.05) is 79.4 Å². The third kappa shape index (κ3) is 3.99. The summed E-state index contributed by atoms with van der Waals surface area (Å²) in [4.78, 5) is 6.53. The molecule has 0 radical (unpaired) electrons. The Hall–Kier alpha value is -3.84. The smallest absolute Gasteiger partial charge is 0.258 e. The summed E-state index contributed by atoms with van der Waals surface area (Å²) < 4.78 is 20.2. The SMILES string of the molecule is CC1=C(c2nc(-c3ccc(C)cc3)no2)C(c2ccccc2)NC(=S)N1c1ccc(C)c(F)c1. The molecule has 34 heavy (non-hydrogen) atoms. The summed E-state index contributed by atoms with van der Waals surface area (Å²) >= 11 is 5.73. The molecule has 0 saturated heterocycles. The first-order valence-corrected chi connectivity index (χ1v) is 11.4. The van der Waals surface area contributed by atoms with E-state index in [1.54, 1.807) is 13.0 Å². The standard InChI is InChI=1S/C27H23FN4OS/c1-16-9-12-20(13-10-16)25-30-26(33-31-25)23-18(3)32(21-14-11-17(2)22(28)15-21)27(34)29-24(23)19-7-5-4-6-8-19/h4-15,24H,1-3H3,(H,29,34). The molecular weight excluding hydrogens is 447 g/mol. The summed E-state index contributed by atoms with van der Waals surface area (Å²) in [5, 5.41) is 8.11. The molecule has 0 aliphatic carbocycles. The Morgan fingerprint density at radius 3 is 2.41 bits per heavy atom. The van der Waals surface area contributed by atoms with Crippen LogP contribution in [0.25, 0.3) is 17.0 Å². The van der Waals surface area contributed by atoms with Gasteiger partial charge in [0, 0.05) is 11.3 Å². The second-order valence-electron chi connectivity index (χ2n) is 8.35. The molecule has 1 aromatic heterocycles. The lowest BCUT2D eigenvalue weighted by atomic mass is 9.94. The van der Waals surface area contributed by atoms with E-state index in [9.17, 15) is 4.39 Å². The molecule has 0 bridgehead atoms. The third-order valence-electron chi connectivity index (χ3n) is 6.00. The lowest BCUT2D eigenvalue weighted by Gasteiger charge is -2.37. The number of hydrogen-bond donors (Lipinski definition) is 1. The summed E-state index contributed by atoms with van der Waals surface area (Å²) in [5.74, 6) is 0.594. The minimum Gasteiger partial charge on any atom is -0.351 e. The van der Waals surface area contributed by atoms with Gasteiger partial charge in [0.25, 0.3) is 5.89 Å². The first kappa shape index (κ1) is 22.0. The van der Waals surface area contributed by atoms with E-state index in [2.05, 4.69) is 10.5 Å². The van der Waals surface area contributed by atoms with Gasteiger partial charge in [-0.25, -0.2) is 4.39 Å². The summed E-state index contributed by atoms with van der Waals surface area (Å²) in [6.07, 6.45) is 0. The van der Waals surface area contributed by atoms with E-state index in [0.717, 1.165) is 28.0 Å². The Bertz CT molecular complexity index is 1400. The van der Waals surface area contributed by atoms with Crippen molar-refractivity contribution in [1.29, 1.82) is 0 Å². The van der Waals surface area contributed by atoms with Gasteiger partial charge in [0.15, 0.2) is 5.11 Å². The Balaban J connectivity index is 1.65. The summed E-state index contributed by atoms with van der Waals surface area (Å²) in [5.41, 5.74) is 5.80. The zero-order valence-corrected chi connectivity index (χ0v) is 19.9. The van der Waals surface area contributed by atoms with Crippen molar-refractivity contribution in [3.05, 3.63) is 107 Å². The van der Waals surface area contributed by atoms with E-state index in [1.165, 1.54) is 6.07 Å². The van der Waals surface area contributed by atoms with Crippen LogP contribution in [0.3, 0.4) is 0 Å². The van der Waals surface area contributed by atoms with Gasteiger partial charge in [-0.3, -0.25) is 4.90 Å². The van der Waals surface area contributed by atoms with Gasteiger partial charge in [0.05, 0.1) is 17.3 Å². The van der Waals surface area contributed by atoms with Gasteiger partial charge < -0.3 is 9.84 Å². The van der Waals surface area contributed by atoms with Gasteiger partial charge in [0.1, 0.15) is 5.82 Å². The van der Waals surface area contributed by atoms with Crippen molar-refractivity contribution in [3.63, 3.8) is 0 Å². The minimum atomic E-state index is -0.299. The molecule has 7 heteroatoms. The monoisotopic (exact) mass is 470 g/mol. The number of nitrogens with one attached hydrogen (secondary N) is 1. The molecule has 1 N–H and O–H groups in total. The van der Waals surface area contributed by atoms with Crippen LogP contribution in [0.5, 0.6) is 0 Å². The number of anilines is 1. The second kappa shape index (κ2) is 8.83. The number of nitrogens with zero attached hydrogens (tertiary/aromatic N) is 3. The van der Waals surface area contributed by atoms with Crippen molar-refractivity contribution in [2.75, 3.05) is 4.90 Å². The zero-order chi connectivity index (χ0) is 23.8. The predicted octanol–water partition coefficient (Wildman–Crippen LogP) is 6.36. The van der Waals surface area contributed by atoms with E-state index in [-0.39, 0.29) is 11.9 Å². The van der Waals surface area contributed by atoms with Crippen LogP contribution in [0, 0.1) is 19.7 Å². The number of benzene rings is 3. The van der Waals surface area contributed by atoms with Crippen molar-refractivity contribution in [2.24, 2.45) is 0 Å². The Morgan fingerprint density at radius 2 is 1.71 bits per heavy atom. The quantitative estimate of drug-likeness (QED) is 0.350. The fourth-order valence-corrected chi connectivity index (χ4v) is 4.46. The Labute approximate surface area is 202 Å². The number of aryl methyl sites for hydroxylation is 2. The van der Waals surface area contributed by atoms with E-state index >= 15 is 0 Å². The van der Waals surface area contributed by atoms with Crippen LogP contribution in [-0.4, -0.2) is 15.3 Å². The average Bonchev–Trinajstić information content (AvgIpc) is 3.31. The van der Waals surface area contributed by atoms with Gasteiger partial charge >= 0.3 is 0 Å². The predicted molar refractivity (Wildman–Crippen MR) is 136 cm³/mol. The molecule has 1 aliphatic rings. The molecule has 0 spiro atoms. The number of aromatic nitrogens is 2. The van der Waals surface area contributed by atoms with E-state index < -0.39 is 0 Å². The lowest BCUT2D eigenvalue weighted by Crippen LogP contribution is -2.46. The first-order chi connectivity index (χ1) is 16.4. The minimum absolute atomic E-state index is 0.292. The number of rotatable bonds is 4. The van der Waals surface area contributed by atoms with Crippen molar-refractivity contribution in [3.8, 4) is 11.4 Å². The number of hydrogen-bond acceptors (Lipinski definition) is 4. The molecule has 1 aliphatic heterocycles. The van der Waals surface area contributed by atoms with Crippen LogP contribution in [0.2, 0.25) is 0 Å².